The molecule has 1 heterocycles. The minimum Gasteiger partial charge on any atom is -0.340 e. The summed E-state index contributed by atoms with van der Waals surface area (Å²) in [5, 5.41) is 9.31. The predicted octanol–water partition coefficient (Wildman–Crippen LogP) is 6.03. The highest BCUT2D eigenvalue weighted by Gasteiger charge is 2.23. The molecule has 0 spiro atoms. The van der Waals surface area contributed by atoms with Crippen molar-refractivity contribution in [2.75, 3.05) is 11.4 Å². The van der Waals surface area contributed by atoms with Gasteiger partial charge in [-0.2, -0.15) is 5.26 Å². The van der Waals surface area contributed by atoms with Crippen molar-refractivity contribution in [2.45, 2.75) is 35.1 Å². The van der Waals surface area contributed by atoms with Gasteiger partial charge in [-0.15, -0.1) is 0 Å². The number of hydrogen-bond donors (Lipinski definition) is 1. The maximum Gasteiger partial charge on any atom is 0.0992 e. The Bertz CT molecular complexity index is 994. The van der Waals surface area contributed by atoms with Crippen molar-refractivity contribution in [3.8, 4) is 6.07 Å². The molecular formula is C24H23N3S. The van der Waals surface area contributed by atoms with Crippen molar-refractivity contribution in [1.29, 1.82) is 5.26 Å². The number of anilines is 2. The van der Waals surface area contributed by atoms with E-state index in [2.05, 4.69) is 53.4 Å². The van der Waals surface area contributed by atoms with E-state index in [1.165, 1.54) is 21.0 Å². The van der Waals surface area contributed by atoms with E-state index in [4.69, 9.17) is 5.73 Å². The Morgan fingerprint density at radius 3 is 2.46 bits per heavy atom. The molecule has 1 aliphatic heterocycles. The Kier molecular flexibility index (Phi) is 5.66. The molecule has 3 aromatic rings. The zero-order chi connectivity index (χ0) is 19.3. The van der Waals surface area contributed by atoms with E-state index < -0.39 is 0 Å². The van der Waals surface area contributed by atoms with Crippen LogP contribution in [-0.2, 0) is 0 Å². The molecule has 0 aliphatic carbocycles. The Morgan fingerprint density at radius 2 is 1.64 bits per heavy atom. The zero-order valence-corrected chi connectivity index (χ0v) is 16.5. The highest BCUT2D eigenvalue weighted by Crippen LogP contribution is 2.48. The van der Waals surface area contributed by atoms with Crippen LogP contribution < -0.4 is 10.6 Å². The summed E-state index contributed by atoms with van der Waals surface area (Å²) < 4.78 is 0. The van der Waals surface area contributed by atoms with E-state index in [0.29, 0.717) is 5.56 Å². The van der Waals surface area contributed by atoms with E-state index in [0.717, 1.165) is 31.5 Å². The second-order valence-electron chi connectivity index (χ2n) is 7.03. The quantitative estimate of drug-likeness (QED) is 0.526. The van der Waals surface area contributed by atoms with Crippen molar-refractivity contribution in [2.24, 2.45) is 5.73 Å². The molecule has 0 fully saturated rings. The first-order valence-corrected chi connectivity index (χ1v) is 10.5. The molecule has 0 amide bonds. The van der Waals surface area contributed by atoms with Gasteiger partial charge in [-0.1, -0.05) is 54.2 Å². The third-order valence-corrected chi connectivity index (χ3v) is 6.26. The average Bonchev–Trinajstić information content (AvgIpc) is 2.76. The van der Waals surface area contributed by atoms with Crippen molar-refractivity contribution in [1.82, 2.24) is 0 Å². The van der Waals surface area contributed by atoms with Gasteiger partial charge in [0.15, 0.2) is 0 Å². The predicted molar refractivity (Wildman–Crippen MR) is 116 cm³/mol. The van der Waals surface area contributed by atoms with Crippen LogP contribution in [0.4, 0.5) is 11.4 Å². The topological polar surface area (TPSA) is 53.0 Å². The van der Waals surface area contributed by atoms with Crippen molar-refractivity contribution in [3.05, 3.63) is 83.9 Å². The standard InChI is InChI=1S/C24H23N3S/c25-17-18-13-14-24-22(16-18)27(21-11-4-5-12-23(21)28-24)15-7-6-10-20(26)19-8-2-1-3-9-19/h1-5,8-9,11-14,16,20H,6-7,10,15,26H2. The van der Waals surface area contributed by atoms with Crippen LogP contribution in [0.3, 0.4) is 0 Å². The Morgan fingerprint density at radius 1 is 0.893 bits per heavy atom. The first-order valence-electron chi connectivity index (χ1n) is 9.65. The number of hydrogen-bond acceptors (Lipinski definition) is 4. The maximum absolute atomic E-state index is 9.31. The molecule has 3 aromatic carbocycles. The molecule has 140 valence electrons. The zero-order valence-electron chi connectivity index (χ0n) is 15.7. The summed E-state index contributed by atoms with van der Waals surface area (Å²) in [7, 11) is 0. The largest absolute Gasteiger partial charge is 0.340 e. The number of fused-ring (bicyclic) bond motifs is 2. The minimum atomic E-state index is 0.0860. The Labute approximate surface area is 170 Å². The highest BCUT2D eigenvalue weighted by atomic mass is 32.2. The van der Waals surface area contributed by atoms with E-state index in [1.807, 2.05) is 30.3 Å². The molecule has 2 N–H and O–H groups in total. The fourth-order valence-electron chi connectivity index (χ4n) is 3.64. The third-order valence-electron chi connectivity index (χ3n) is 5.13. The summed E-state index contributed by atoms with van der Waals surface area (Å²) in [6.45, 7) is 0.918. The van der Waals surface area contributed by atoms with Crippen LogP contribution >= 0.6 is 11.8 Å². The number of nitriles is 1. The summed E-state index contributed by atoms with van der Waals surface area (Å²) in [6, 6.07) is 27.1. The van der Waals surface area contributed by atoms with Crippen LogP contribution in [0.2, 0.25) is 0 Å². The highest BCUT2D eigenvalue weighted by molar-refractivity contribution is 7.99. The van der Waals surface area contributed by atoms with Gasteiger partial charge in [-0.05, 0) is 55.2 Å². The molecule has 0 radical (unpaired) electrons. The van der Waals surface area contributed by atoms with Gasteiger partial charge >= 0.3 is 0 Å². The molecule has 0 saturated heterocycles. The van der Waals surface area contributed by atoms with Crippen LogP contribution in [0.1, 0.15) is 36.4 Å². The number of nitrogens with two attached hydrogens (primary N) is 1. The fourth-order valence-corrected chi connectivity index (χ4v) is 4.72. The van der Waals surface area contributed by atoms with Gasteiger partial charge in [0.1, 0.15) is 0 Å². The van der Waals surface area contributed by atoms with Gasteiger partial charge in [0, 0.05) is 22.4 Å². The van der Waals surface area contributed by atoms with Crippen LogP contribution in [0, 0.1) is 11.3 Å². The molecule has 1 aliphatic rings. The maximum atomic E-state index is 9.31. The lowest BCUT2D eigenvalue weighted by Gasteiger charge is -2.33. The summed E-state index contributed by atoms with van der Waals surface area (Å²) in [5.74, 6) is 0. The average molecular weight is 386 g/mol. The number of unbranched alkanes of at least 4 members (excludes halogenated alkanes) is 1. The SMILES string of the molecule is N#Cc1ccc2c(c1)N(CCCCC(N)c1ccccc1)c1ccccc1S2. The van der Waals surface area contributed by atoms with Crippen LogP contribution in [0.25, 0.3) is 0 Å². The van der Waals surface area contributed by atoms with Crippen molar-refractivity contribution in [3.63, 3.8) is 0 Å². The molecule has 28 heavy (non-hydrogen) atoms. The van der Waals surface area contributed by atoms with Gasteiger partial charge in [-0.25, -0.2) is 0 Å². The molecule has 1 atom stereocenters. The van der Waals surface area contributed by atoms with Crippen LogP contribution in [0.5, 0.6) is 0 Å². The monoisotopic (exact) mass is 385 g/mol. The van der Waals surface area contributed by atoms with E-state index in [-0.39, 0.29) is 6.04 Å². The van der Waals surface area contributed by atoms with E-state index in [1.54, 1.807) is 11.8 Å². The molecule has 0 saturated carbocycles. The Balaban J connectivity index is 1.47. The molecule has 3 nitrogen and oxygen atoms in total. The summed E-state index contributed by atoms with van der Waals surface area (Å²) >= 11 is 1.78. The van der Waals surface area contributed by atoms with Crippen LogP contribution in [0.15, 0.2) is 82.6 Å². The first kappa shape index (κ1) is 18.6. The number of para-hydroxylation sites is 1. The van der Waals surface area contributed by atoms with E-state index in [9.17, 15) is 5.26 Å². The molecule has 0 aromatic heterocycles. The van der Waals surface area contributed by atoms with Crippen LogP contribution in [-0.4, -0.2) is 6.54 Å². The smallest absolute Gasteiger partial charge is 0.0992 e. The second-order valence-corrected chi connectivity index (χ2v) is 8.11. The van der Waals surface area contributed by atoms with E-state index >= 15 is 0 Å². The van der Waals surface area contributed by atoms with Gasteiger partial charge < -0.3 is 10.6 Å². The molecule has 0 bridgehead atoms. The number of nitrogens with zero attached hydrogens (tertiary/aromatic N) is 2. The molecule has 4 heteroatoms. The van der Waals surface area contributed by atoms with Gasteiger partial charge in [-0.3, -0.25) is 0 Å². The third kappa shape index (κ3) is 3.91. The fraction of sp³-hybridized carbons (Fsp3) is 0.208. The van der Waals surface area contributed by atoms with Gasteiger partial charge in [0.25, 0.3) is 0 Å². The first-order chi connectivity index (χ1) is 13.8. The van der Waals surface area contributed by atoms with Gasteiger partial charge in [0.05, 0.1) is 23.0 Å². The van der Waals surface area contributed by atoms with Gasteiger partial charge in [0.2, 0.25) is 0 Å². The number of benzene rings is 3. The minimum absolute atomic E-state index is 0.0860. The number of rotatable bonds is 6. The van der Waals surface area contributed by atoms with Crippen molar-refractivity contribution < 1.29 is 0 Å². The normalized spacial score (nSPS) is 13.4. The lowest BCUT2D eigenvalue weighted by Crippen LogP contribution is -2.22. The molecule has 1 unspecified atom stereocenters. The summed E-state index contributed by atoms with van der Waals surface area (Å²) in [6.07, 6.45) is 3.09. The summed E-state index contributed by atoms with van der Waals surface area (Å²) in [5.41, 5.74) is 10.6. The lowest BCUT2D eigenvalue weighted by molar-refractivity contribution is 0.588. The Hall–Kier alpha value is -2.74. The molecular weight excluding hydrogens is 362 g/mol. The summed E-state index contributed by atoms with van der Waals surface area (Å²) in [4.78, 5) is 4.83. The second kappa shape index (κ2) is 8.52. The molecule has 4 rings (SSSR count). The lowest BCUT2D eigenvalue weighted by atomic mass is 10.0. The van der Waals surface area contributed by atoms with Crippen molar-refractivity contribution >= 4 is 23.1 Å².